The first kappa shape index (κ1) is 31.2. The molecule has 0 saturated heterocycles. The Bertz CT molecular complexity index is 1140. The Balaban J connectivity index is 1.86. The Morgan fingerprint density at radius 2 is 1.90 bits per heavy atom. The smallest absolute Gasteiger partial charge is 0.246 e. The van der Waals surface area contributed by atoms with E-state index < -0.39 is 0 Å². The number of carbonyl (C=O) groups is 2. The lowest BCUT2D eigenvalue weighted by atomic mass is 10.2. The van der Waals surface area contributed by atoms with Crippen LogP contribution in [0.15, 0.2) is 42.6 Å². The number of amides is 2. The van der Waals surface area contributed by atoms with Gasteiger partial charge in [-0.25, -0.2) is 9.37 Å². The molecular weight excluding hydrogens is 501 g/mol. The zero-order valence-electron chi connectivity index (χ0n) is 23.1. The van der Waals surface area contributed by atoms with Crippen LogP contribution in [-0.2, 0) is 14.3 Å². The molecule has 0 atom stereocenters. The summed E-state index contributed by atoms with van der Waals surface area (Å²) in [5, 5.41) is 9.14. The average Bonchev–Trinajstić information content (AvgIpc) is 2.90. The monoisotopic (exact) mass is 539 g/mol. The minimum Gasteiger partial charge on any atom is -0.385 e. The zero-order chi connectivity index (χ0) is 28.5. The van der Waals surface area contributed by atoms with E-state index >= 15 is 0 Å². The van der Waals surface area contributed by atoms with Crippen molar-refractivity contribution in [3.05, 3.63) is 54.0 Å². The summed E-state index contributed by atoms with van der Waals surface area (Å²) >= 11 is 0. The van der Waals surface area contributed by atoms with E-state index in [-0.39, 0.29) is 24.2 Å². The number of halogens is 1. The molecule has 210 valence electrons. The van der Waals surface area contributed by atoms with Crippen LogP contribution in [0.25, 0.3) is 0 Å². The second-order valence-electron chi connectivity index (χ2n) is 8.98. The molecule has 0 unspecified atom stereocenters. The number of nitrogens with one attached hydrogen (secondary N) is 3. The van der Waals surface area contributed by atoms with Gasteiger partial charge in [0, 0.05) is 58.6 Å². The highest BCUT2D eigenvalue weighted by molar-refractivity contribution is 5.91. The van der Waals surface area contributed by atoms with Gasteiger partial charge < -0.3 is 30.5 Å². The Morgan fingerprint density at radius 1 is 1.13 bits per heavy atom. The van der Waals surface area contributed by atoms with Crippen LogP contribution < -0.4 is 16.0 Å². The third-order valence-electron chi connectivity index (χ3n) is 5.22. The summed E-state index contributed by atoms with van der Waals surface area (Å²) in [4.78, 5) is 36.3. The predicted octanol–water partition coefficient (Wildman–Crippen LogP) is 2.63. The highest BCUT2D eigenvalue weighted by atomic mass is 19.1. The predicted molar refractivity (Wildman–Crippen MR) is 151 cm³/mol. The van der Waals surface area contributed by atoms with Gasteiger partial charge in [-0.3, -0.25) is 9.59 Å². The number of likely N-dealkylation sites (N-methyl/N-ethyl adjacent to an activating group) is 2. The van der Waals surface area contributed by atoms with Crippen molar-refractivity contribution in [2.45, 2.75) is 19.3 Å². The number of hydrogen-bond donors (Lipinski definition) is 3. The summed E-state index contributed by atoms with van der Waals surface area (Å²) in [5.41, 5.74) is 1.31. The standard InChI is InChI=1S/C28H38FN7O3/c1-35(2)18-8-11-26(38)36(3)21-25(37)30-16-7-5-6-10-22-20-32-28(33-24-14-12-23(29)13-15-24)34-27(22)31-17-9-19-39-4/h8,11-15,20H,5,7,9,16-19,21H2,1-4H3,(H,30,37)(H2,31,32,33,34). The molecule has 0 aliphatic rings. The van der Waals surface area contributed by atoms with E-state index in [0.717, 1.165) is 6.42 Å². The molecule has 0 fully saturated rings. The first-order valence-electron chi connectivity index (χ1n) is 12.7. The number of methoxy groups -OCH3 is 1. The third-order valence-corrected chi connectivity index (χ3v) is 5.22. The fourth-order valence-electron chi connectivity index (χ4n) is 3.16. The first-order valence-corrected chi connectivity index (χ1v) is 12.7. The van der Waals surface area contributed by atoms with Crippen LogP contribution in [0.1, 0.15) is 24.8 Å². The van der Waals surface area contributed by atoms with Crippen LogP contribution >= 0.6 is 0 Å². The van der Waals surface area contributed by atoms with Gasteiger partial charge in [-0.15, -0.1) is 0 Å². The van der Waals surface area contributed by atoms with Crippen molar-refractivity contribution < 1.29 is 18.7 Å². The molecule has 0 aliphatic heterocycles. The second kappa shape index (κ2) is 17.5. The number of nitrogens with zero attached hydrogens (tertiary/aromatic N) is 4. The lowest BCUT2D eigenvalue weighted by Crippen LogP contribution is -2.38. The van der Waals surface area contributed by atoms with Crippen molar-refractivity contribution in [3.63, 3.8) is 0 Å². The number of unbranched alkanes of at least 4 members (excludes halogenated alkanes) is 1. The largest absolute Gasteiger partial charge is 0.385 e. The molecule has 1 heterocycles. The first-order chi connectivity index (χ1) is 18.8. The lowest BCUT2D eigenvalue weighted by molar-refractivity contribution is -0.131. The van der Waals surface area contributed by atoms with Crippen molar-refractivity contribution in [2.75, 3.05) is 71.7 Å². The maximum atomic E-state index is 13.2. The van der Waals surface area contributed by atoms with E-state index in [9.17, 15) is 14.0 Å². The van der Waals surface area contributed by atoms with Crippen LogP contribution in [0.3, 0.4) is 0 Å². The molecule has 2 aromatic rings. The van der Waals surface area contributed by atoms with Gasteiger partial charge in [-0.2, -0.15) is 4.98 Å². The van der Waals surface area contributed by atoms with Gasteiger partial charge in [0.05, 0.1) is 18.3 Å². The normalized spacial score (nSPS) is 10.7. The van der Waals surface area contributed by atoms with Gasteiger partial charge in [-0.1, -0.05) is 17.9 Å². The average molecular weight is 540 g/mol. The van der Waals surface area contributed by atoms with Gasteiger partial charge >= 0.3 is 0 Å². The molecule has 2 rings (SSSR count). The summed E-state index contributed by atoms with van der Waals surface area (Å²) in [6, 6.07) is 5.93. The maximum Gasteiger partial charge on any atom is 0.246 e. The molecule has 0 radical (unpaired) electrons. The SMILES string of the molecule is COCCCNc1nc(Nc2ccc(F)cc2)ncc1C#CCCCNC(=O)CN(C)C(=O)C=CCN(C)C. The summed E-state index contributed by atoms with van der Waals surface area (Å²) < 4.78 is 18.3. The van der Waals surface area contributed by atoms with E-state index in [2.05, 4.69) is 37.8 Å². The zero-order valence-corrected chi connectivity index (χ0v) is 23.1. The maximum absolute atomic E-state index is 13.2. The molecule has 0 saturated carbocycles. The minimum atomic E-state index is -0.321. The van der Waals surface area contributed by atoms with Gasteiger partial charge in [0.25, 0.3) is 0 Å². The summed E-state index contributed by atoms with van der Waals surface area (Å²) in [6.45, 7) is 2.35. The number of benzene rings is 1. The van der Waals surface area contributed by atoms with Gasteiger partial charge in [0.1, 0.15) is 11.6 Å². The molecule has 0 bridgehead atoms. The summed E-state index contributed by atoms with van der Waals surface area (Å²) in [7, 11) is 7.07. The lowest BCUT2D eigenvalue weighted by Gasteiger charge is -2.14. The fourth-order valence-corrected chi connectivity index (χ4v) is 3.16. The second-order valence-corrected chi connectivity index (χ2v) is 8.98. The molecule has 1 aromatic heterocycles. The van der Waals surface area contributed by atoms with Crippen LogP contribution in [-0.4, -0.2) is 92.6 Å². The van der Waals surface area contributed by atoms with Crippen LogP contribution in [0.4, 0.5) is 21.8 Å². The summed E-state index contributed by atoms with van der Waals surface area (Å²) in [5.74, 6) is 6.37. The molecule has 2 amide bonds. The van der Waals surface area contributed by atoms with Crippen molar-refractivity contribution in [1.29, 1.82) is 0 Å². The number of rotatable bonds is 15. The fraction of sp³-hybridized carbons (Fsp3) is 0.429. The van der Waals surface area contributed by atoms with E-state index in [4.69, 9.17) is 4.74 Å². The molecule has 0 aliphatic carbocycles. The van der Waals surface area contributed by atoms with E-state index in [1.807, 2.05) is 19.0 Å². The van der Waals surface area contributed by atoms with Crippen LogP contribution in [0.2, 0.25) is 0 Å². The van der Waals surface area contributed by atoms with Crippen molar-refractivity contribution >= 4 is 29.3 Å². The molecule has 10 nitrogen and oxygen atoms in total. The topological polar surface area (TPSA) is 112 Å². The molecule has 1 aromatic carbocycles. The molecule has 11 heteroatoms. The van der Waals surface area contributed by atoms with Crippen molar-refractivity contribution in [2.24, 2.45) is 0 Å². The Morgan fingerprint density at radius 3 is 2.62 bits per heavy atom. The van der Waals surface area contributed by atoms with Gasteiger partial charge in [-0.05, 0) is 51.2 Å². The molecular formula is C28H38FN7O3. The number of carbonyl (C=O) groups excluding carboxylic acids is 2. The number of hydrogen-bond acceptors (Lipinski definition) is 8. The van der Waals surface area contributed by atoms with Crippen LogP contribution in [0, 0.1) is 17.7 Å². The van der Waals surface area contributed by atoms with E-state index in [1.54, 1.807) is 38.6 Å². The van der Waals surface area contributed by atoms with Crippen molar-refractivity contribution in [3.8, 4) is 11.8 Å². The third kappa shape index (κ3) is 12.9. The van der Waals surface area contributed by atoms with Crippen LogP contribution in [0.5, 0.6) is 0 Å². The number of anilines is 3. The van der Waals surface area contributed by atoms with Crippen molar-refractivity contribution in [1.82, 2.24) is 25.1 Å². The minimum absolute atomic E-state index is 0.00936. The number of ether oxygens (including phenoxy) is 1. The molecule has 3 N–H and O–H groups in total. The Labute approximate surface area is 230 Å². The Hall–Kier alpha value is -4.01. The summed E-state index contributed by atoms with van der Waals surface area (Å²) in [6.07, 6.45) is 6.87. The van der Waals surface area contributed by atoms with Gasteiger partial charge in [0.15, 0.2) is 0 Å². The number of aromatic nitrogens is 2. The van der Waals surface area contributed by atoms with Gasteiger partial charge in [0.2, 0.25) is 17.8 Å². The van der Waals surface area contributed by atoms with E-state index in [1.165, 1.54) is 23.1 Å². The molecule has 39 heavy (non-hydrogen) atoms. The molecule has 0 spiro atoms. The van der Waals surface area contributed by atoms with E-state index in [0.29, 0.717) is 62.1 Å². The highest BCUT2D eigenvalue weighted by Gasteiger charge is 2.10. The highest BCUT2D eigenvalue weighted by Crippen LogP contribution is 2.17. The quantitative estimate of drug-likeness (QED) is 0.180. The Kier molecular flexibility index (Phi) is 14.0.